The van der Waals surface area contributed by atoms with Crippen LogP contribution in [0.4, 0.5) is 5.69 Å². The Bertz CT molecular complexity index is 875. The molecule has 0 saturated carbocycles. The van der Waals surface area contributed by atoms with E-state index in [-0.39, 0.29) is 4.90 Å². The van der Waals surface area contributed by atoms with Crippen molar-refractivity contribution in [1.29, 1.82) is 0 Å². The normalized spacial score (nSPS) is 11.0. The third-order valence-electron chi connectivity index (χ3n) is 3.45. The van der Waals surface area contributed by atoms with Crippen LogP contribution in [0.2, 0.25) is 0 Å². The summed E-state index contributed by atoms with van der Waals surface area (Å²) in [5, 5.41) is 8.57. The van der Waals surface area contributed by atoms with E-state index in [1.807, 2.05) is 0 Å². The first-order valence-electron chi connectivity index (χ1n) is 7.35. The van der Waals surface area contributed by atoms with E-state index in [1.165, 1.54) is 31.4 Å². The number of carboxylic acid groups (broad SMARTS) is 1. The van der Waals surface area contributed by atoms with Crippen molar-refractivity contribution < 1.29 is 27.8 Å². The van der Waals surface area contributed by atoms with Crippen molar-refractivity contribution in [2.45, 2.75) is 18.7 Å². The average molecular weight is 365 g/mol. The Kier molecular flexibility index (Phi) is 5.53. The molecule has 0 fully saturated rings. The molecule has 0 aliphatic carbocycles. The second kappa shape index (κ2) is 7.43. The summed E-state index contributed by atoms with van der Waals surface area (Å²) in [6, 6.07) is 9.22. The van der Waals surface area contributed by atoms with Gasteiger partial charge in [0.2, 0.25) is 0 Å². The zero-order chi connectivity index (χ0) is 18.6. The minimum absolute atomic E-state index is 0.164. The quantitative estimate of drug-likeness (QED) is 0.782. The Hall–Kier alpha value is -2.74. The molecule has 2 aromatic carbocycles. The highest BCUT2D eigenvalue weighted by molar-refractivity contribution is 7.92. The molecule has 0 bridgehead atoms. The summed E-state index contributed by atoms with van der Waals surface area (Å²) in [4.78, 5) is 10.6. The van der Waals surface area contributed by atoms with E-state index in [1.54, 1.807) is 26.0 Å². The molecule has 0 unspecified atom stereocenters. The van der Waals surface area contributed by atoms with Crippen LogP contribution in [0, 0.1) is 13.8 Å². The molecule has 2 aromatic rings. The summed E-state index contributed by atoms with van der Waals surface area (Å²) in [6.45, 7) is 3.00. The first kappa shape index (κ1) is 18.6. The van der Waals surface area contributed by atoms with E-state index in [4.69, 9.17) is 14.6 Å². The van der Waals surface area contributed by atoms with Crippen molar-refractivity contribution in [3.8, 4) is 11.5 Å². The van der Waals surface area contributed by atoms with Gasteiger partial charge in [-0.15, -0.1) is 0 Å². The Morgan fingerprint density at radius 1 is 1.12 bits per heavy atom. The summed E-state index contributed by atoms with van der Waals surface area (Å²) in [6.07, 6.45) is 0. The molecular weight excluding hydrogens is 346 g/mol. The van der Waals surface area contributed by atoms with E-state index >= 15 is 0 Å². The molecule has 0 aliphatic heterocycles. The van der Waals surface area contributed by atoms with E-state index < -0.39 is 22.6 Å². The molecule has 2 N–H and O–H groups in total. The van der Waals surface area contributed by atoms with Crippen LogP contribution in [0.1, 0.15) is 11.1 Å². The summed E-state index contributed by atoms with van der Waals surface area (Å²) in [5.41, 5.74) is 1.62. The topological polar surface area (TPSA) is 102 Å². The molecule has 0 aromatic heterocycles. The van der Waals surface area contributed by atoms with Gasteiger partial charge in [-0.3, -0.25) is 4.72 Å². The first-order valence-corrected chi connectivity index (χ1v) is 8.84. The number of hydrogen-bond donors (Lipinski definition) is 2. The molecule has 0 aliphatic rings. The number of carboxylic acids is 1. The lowest BCUT2D eigenvalue weighted by Gasteiger charge is -2.13. The summed E-state index contributed by atoms with van der Waals surface area (Å²) < 4.78 is 37.9. The Morgan fingerprint density at radius 3 is 2.32 bits per heavy atom. The molecule has 134 valence electrons. The predicted molar refractivity (Wildman–Crippen MR) is 92.8 cm³/mol. The van der Waals surface area contributed by atoms with E-state index in [2.05, 4.69) is 4.72 Å². The Labute approximate surface area is 146 Å². The van der Waals surface area contributed by atoms with Gasteiger partial charge < -0.3 is 14.6 Å². The minimum atomic E-state index is -3.77. The smallest absolute Gasteiger partial charge is 0.341 e. The summed E-state index contributed by atoms with van der Waals surface area (Å²) in [7, 11) is -2.24. The van der Waals surface area contributed by atoms with Crippen LogP contribution in [0.15, 0.2) is 41.3 Å². The number of carbonyl (C=O) groups is 1. The number of sulfonamides is 1. The van der Waals surface area contributed by atoms with E-state index in [0.29, 0.717) is 28.3 Å². The maximum atomic E-state index is 12.6. The third-order valence-corrected chi connectivity index (χ3v) is 4.97. The molecule has 2 rings (SSSR count). The average Bonchev–Trinajstić information content (AvgIpc) is 2.55. The molecule has 0 radical (unpaired) electrons. The van der Waals surface area contributed by atoms with Gasteiger partial charge in [0.05, 0.1) is 12.0 Å². The van der Waals surface area contributed by atoms with E-state index in [9.17, 15) is 13.2 Å². The Morgan fingerprint density at radius 2 is 1.76 bits per heavy atom. The van der Waals surface area contributed by atoms with Gasteiger partial charge >= 0.3 is 5.97 Å². The first-order chi connectivity index (χ1) is 11.7. The highest BCUT2D eigenvalue weighted by atomic mass is 32.2. The third kappa shape index (κ3) is 4.63. The molecule has 0 spiro atoms. The highest BCUT2D eigenvalue weighted by Gasteiger charge is 2.19. The lowest BCUT2D eigenvalue weighted by Crippen LogP contribution is -2.15. The molecule has 0 amide bonds. The number of hydrogen-bond acceptors (Lipinski definition) is 5. The zero-order valence-corrected chi connectivity index (χ0v) is 14.9. The molecule has 0 saturated heterocycles. The number of rotatable bonds is 7. The van der Waals surface area contributed by atoms with Crippen LogP contribution in [-0.4, -0.2) is 33.2 Å². The van der Waals surface area contributed by atoms with Gasteiger partial charge in [0.1, 0.15) is 11.5 Å². The number of anilines is 1. The van der Waals surface area contributed by atoms with Crippen molar-refractivity contribution in [1.82, 2.24) is 0 Å². The second-order valence-corrected chi connectivity index (χ2v) is 7.05. The van der Waals surface area contributed by atoms with Crippen molar-refractivity contribution in [2.24, 2.45) is 0 Å². The molecule has 7 nitrogen and oxygen atoms in total. The molecular formula is C17H19NO6S. The SMILES string of the molecule is COc1cc(C)c(S(=O)(=O)Nc2ccc(OCC(=O)O)cc2)cc1C. The summed E-state index contributed by atoms with van der Waals surface area (Å²) >= 11 is 0. The van der Waals surface area contributed by atoms with Crippen LogP contribution in [0.5, 0.6) is 11.5 Å². The standard InChI is InChI=1S/C17H19NO6S/c1-11-9-16(12(2)8-15(11)23-3)25(21,22)18-13-4-6-14(7-5-13)24-10-17(19)20/h4-9,18H,10H2,1-3H3,(H,19,20). The number of benzene rings is 2. The fourth-order valence-electron chi connectivity index (χ4n) is 2.25. The second-order valence-electron chi connectivity index (χ2n) is 5.40. The van der Waals surface area contributed by atoms with Gasteiger partial charge in [-0.25, -0.2) is 13.2 Å². The van der Waals surface area contributed by atoms with Gasteiger partial charge in [-0.1, -0.05) is 0 Å². The van der Waals surface area contributed by atoms with Gasteiger partial charge in [-0.2, -0.15) is 0 Å². The molecule has 25 heavy (non-hydrogen) atoms. The van der Waals surface area contributed by atoms with Crippen LogP contribution < -0.4 is 14.2 Å². The van der Waals surface area contributed by atoms with Crippen molar-refractivity contribution in [3.63, 3.8) is 0 Å². The van der Waals surface area contributed by atoms with Crippen LogP contribution in [-0.2, 0) is 14.8 Å². The zero-order valence-electron chi connectivity index (χ0n) is 14.1. The lowest BCUT2D eigenvalue weighted by molar-refractivity contribution is -0.139. The van der Waals surface area contributed by atoms with Crippen LogP contribution >= 0.6 is 0 Å². The molecule has 8 heteroatoms. The van der Waals surface area contributed by atoms with Crippen molar-refractivity contribution in [2.75, 3.05) is 18.4 Å². The Balaban J connectivity index is 2.21. The highest BCUT2D eigenvalue weighted by Crippen LogP contribution is 2.27. The van der Waals surface area contributed by atoms with Gasteiger partial charge in [0.25, 0.3) is 10.0 Å². The van der Waals surface area contributed by atoms with Gasteiger partial charge in [0, 0.05) is 5.69 Å². The monoisotopic (exact) mass is 365 g/mol. The lowest BCUT2D eigenvalue weighted by atomic mass is 10.1. The maximum absolute atomic E-state index is 12.6. The fourth-order valence-corrected chi connectivity index (χ4v) is 3.62. The largest absolute Gasteiger partial charge is 0.496 e. The summed E-state index contributed by atoms with van der Waals surface area (Å²) in [5.74, 6) is -0.131. The minimum Gasteiger partial charge on any atom is -0.496 e. The number of ether oxygens (including phenoxy) is 2. The number of methoxy groups -OCH3 is 1. The van der Waals surface area contributed by atoms with Crippen molar-refractivity contribution in [3.05, 3.63) is 47.5 Å². The maximum Gasteiger partial charge on any atom is 0.341 e. The number of nitrogens with one attached hydrogen (secondary N) is 1. The van der Waals surface area contributed by atoms with Gasteiger partial charge in [-0.05, 0) is 61.4 Å². The fraction of sp³-hybridized carbons (Fsp3) is 0.235. The van der Waals surface area contributed by atoms with E-state index in [0.717, 1.165) is 0 Å². The number of aryl methyl sites for hydroxylation is 2. The molecule has 0 atom stereocenters. The predicted octanol–water partition coefficient (Wildman–Crippen LogP) is 2.58. The van der Waals surface area contributed by atoms with Crippen molar-refractivity contribution >= 4 is 21.7 Å². The van der Waals surface area contributed by atoms with Gasteiger partial charge in [0.15, 0.2) is 6.61 Å². The number of aliphatic carboxylic acids is 1. The van der Waals surface area contributed by atoms with Crippen LogP contribution in [0.3, 0.4) is 0 Å². The molecule has 0 heterocycles. The van der Waals surface area contributed by atoms with Crippen LogP contribution in [0.25, 0.3) is 0 Å².